The third-order valence-corrected chi connectivity index (χ3v) is 4.64. The number of carbonyl (C=O) groups is 2. The first-order valence-electron chi connectivity index (χ1n) is 10.2. The van der Waals surface area contributed by atoms with Gasteiger partial charge in [-0.25, -0.2) is 9.78 Å². The summed E-state index contributed by atoms with van der Waals surface area (Å²) in [6.45, 7) is 6.51. The molecule has 1 aromatic carbocycles. The van der Waals surface area contributed by atoms with Crippen LogP contribution in [-0.2, 0) is 14.3 Å². The van der Waals surface area contributed by atoms with Crippen LogP contribution in [0.5, 0.6) is 11.5 Å². The number of carbonyl (C=O) groups excluding carboxylic acids is 2. The molecule has 0 fully saturated rings. The van der Waals surface area contributed by atoms with Gasteiger partial charge >= 0.3 is 5.97 Å². The van der Waals surface area contributed by atoms with Crippen LogP contribution >= 0.6 is 23.2 Å². The highest BCUT2D eigenvalue weighted by molar-refractivity contribution is 6.36. The maximum atomic E-state index is 12.2. The number of benzene rings is 1. The third kappa shape index (κ3) is 8.05. The Morgan fingerprint density at radius 3 is 2.62 bits per heavy atom. The first kappa shape index (κ1) is 25.5. The van der Waals surface area contributed by atoms with Crippen LogP contribution in [0, 0.1) is 0 Å². The Kier molecular flexibility index (Phi) is 10.3. The molecule has 0 aliphatic carbocycles. The van der Waals surface area contributed by atoms with E-state index in [1.807, 2.05) is 6.92 Å². The van der Waals surface area contributed by atoms with Crippen molar-refractivity contribution in [2.24, 2.45) is 0 Å². The fraction of sp³-hybridized carbons (Fsp3) is 0.348. The molecule has 0 saturated heterocycles. The zero-order valence-electron chi connectivity index (χ0n) is 18.2. The minimum Gasteiger partial charge on any atom is -0.490 e. The normalized spacial score (nSPS) is 11.8. The summed E-state index contributed by atoms with van der Waals surface area (Å²) in [4.78, 5) is 28.3. The Balaban J connectivity index is 1.96. The summed E-state index contributed by atoms with van der Waals surface area (Å²) >= 11 is 11.8. The quantitative estimate of drug-likeness (QED) is 0.257. The molecule has 0 radical (unpaired) electrons. The van der Waals surface area contributed by atoms with E-state index in [2.05, 4.69) is 17.2 Å². The van der Waals surface area contributed by atoms with Crippen LogP contribution in [0.25, 0.3) is 6.08 Å². The predicted molar refractivity (Wildman–Crippen MR) is 125 cm³/mol. The number of hydrogen-bond donors (Lipinski definition) is 1. The number of rotatable bonds is 11. The van der Waals surface area contributed by atoms with Crippen LogP contribution in [0.2, 0.25) is 10.0 Å². The molecule has 9 heteroatoms. The summed E-state index contributed by atoms with van der Waals surface area (Å²) in [5.41, 5.74) is 0.725. The number of ether oxygens (including phenoxy) is 3. The highest BCUT2D eigenvalue weighted by Gasteiger charge is 2.18. The summed E-state index contributed by atoms with van der Waals surface area (Å²) < 4.78 is 16.5. The average molecular weight is 481 g/mol. The van der Waals surface area contributed by atoms with E-state index >= 15 is 0 Å². The topological polar surface area (TPSA) is 86.8 Å². The molecule has 1 unspecified atom stereocenters. The molecule has 1 amide bonds. The molecule has 0 saturated carbocycles. The third-order valence-electron chi connectivity index (χ3n) is 4.15. The fourth-order valence-electron chi connectivity index (χ4n) is 2.50. The van der Waals surface area contributed by atoms with Gasteiger partial charge in [-0.3, -0.25) is 4.79 Å². The maximum absolute atomic E-state index is 12.2. The number of nitrogens with zero attached hydrogens (tertiary/aromatic N) is 1. The number of halogens is 2. The van der Waals surface area contributed by atoms with Crippen molar-refractivity contribution < 1.29 is 23.8 Å². The van der Waals surface area contributed by atoms with E-state index < -0.39 is 18.0 Å². The highest BCUT2D eigenvalue weighted by Crippen LogP contribution is 2.29. The van der Waals surface area contributed by atoms with Crippen molar-refractivity contribution in [1.29, 1.82) is 0 Å². The molecule has 32 heavy (non-hydrogen) atoms. The van der Waals surface area contributed by atoms with E-state index in [0.717, 1.165) is 18.4 Å². The molecule has 7 nitrogen and oxygen atoms in total. The van der Waals surface area contributed by atoms with Gasteiger partial charge in [-0.2, -0.15) is 0 Å². The SMILES string of the molecule is CCCCOc1ccc(C=CC(=O)OC(C)C(=O)Nc2ncc(Cl)cc2Cl)cc1OCC. The number of anilines is 1. The van der Waals surface area contributed by atoms with Crippen molar-refractivity contribution >= 4 is 47.0 Å². The van der Waals surface area contributed by atoms with E-state index in [0.29, 0.717) is 29.7 Å². The highest BCUT2D eigenvalue weighted by atomic mass is 35.5. The van der Waals surface area contributed by atoms with Crippen LogP contribution in [0.15, 0.2) is 36.5 Å². The standard InChI is InChI=1S/C23H26Cl2N2O5/c1-4-6-11-31-19-9-7-16(12-20(19)30-5-2)8-10-21(28)32-15(3)23(29)27-22-18(25)13-17(24)14-26-22/h7-10,12-15H,4-6,11H2,1-3H3,(H,26,27,29). The van der Waals surface area contributed by atoms with Gasteiger partial charge in [0.05, 0.1) is 23.3 Å². The molecule has 2 rings (SSSR count). The number of hydrogen-bond acceptors (Lipinski definition) is 6. The average Bonchev–Trinajstić information content (AvgIpc) is 2.75. The maximum Gasteiger partial charge on any atom is 0.331 e. The molecule has 1 N–H and O–H groups in total. The molecular formula is C23H26Cl2N2O5. The molecule has 0 bridgehead atoms. The second-order valence-corrected chi connectivity index (χ2v) is 7.57. The largest absolute Gasteiger partial charge is 0.490 e. The molecule has 1 heterocycles. The van der Waals surface area contributed by atoms with Gasteiger partial charge in [-0.15, -0.1) is 0 Å². The van der Waals surface area contributed by atoms with Gasteiger partial charge in [0.2, 0.25) is 0 Å². The summed E-state index contributed by atoms with van der Waals surface area (Å²) in [7, 11) is 0. The van der Waals surface area contributed by atoms with Crippen molar-refractivity contribution in [3.8, 4) is 11.5 Å². The second kappa shape index (κ2) is 12.9. The lowest BCUT2D eigenvalue weighted by Gasteiger charge is -2.13. The zero-order valence-corrected chi connectivity index (χ0v) is 19.7. The lowest BCUT2D eigenvalue weighted by atomic mass is 10.2. The minimum absolute atomic E-state index is 0.129. The predicted octanol–water partition coefficient (Wildman–Crippen LogP) is 5.55. The lowest BCUT2D eigenvalue weighted by molar-refractivity contribution is -0.148. The van der Waals surface area contributed by atoms with Gasteiger partial charge in [-0.05, 0) is 50.1 Å². The molecule has 172 valence electrons. The molecule has 1 atom stereocenters. The summed E-state index contributed by atoms with van der Waals surface area (Å²) in [6, 6.07) is 6.82. The number of nitrogens with one attached hydrogen (secondary N) is 1. The zero-order chi connectivity index (χ0) is 23.5. The van der Waals surface area contributed by atoms with E-state index in [4.69, 9.17) is 37.4 Å². The number of esters is 1. The van der Waals surface area contributed by atoms with Gasteiger partial charge in [0.15, 0.2) is 23.4 Å². The first-order valence-corrected chi connectivity index (χ1v) is 11.0. The molecule has 0 spiro atoms. The van der Waals surface area contributed by atoms with Crippen LogP contribution < -0.4 is 14.8 Å². The van der Waals surface area contributed by atoms with Crippen LogP contribution in [0.1, 0.15) is 39.2 Å². The number of unbranched alkanes of at least 4 members (excludes halogenated alkanes) is 1. The molecule has 0 aliphatic heterocycles. The van der Waals surface area contributed by atoms with E-state index in [1.165, 1.54) is 25.3 Å². The minimum atomic E-state index is -1.06. The van der Waals surface area contributed by atoms with Crippen molar-refractivity contribution in [1.82, 2.24) is 4.98 Å². The van der Waals surface area contributed by atoms with Crippen LogP contribution in [0.4, 0.5) is 5.82 Å². The monoisotopic (exact) mass is 480 g/mol. The van der Waals surface area contributed by atoms with Crippen LogP contribution in [0.3, 0.4) is 0 Å². The van der Waals surface area contributed by atoms with Crippen molar-refractivity contribution in [3.05, 3.63) is 52.1 Å². The lowest BCUT2D eigenvalue weighted by Crippen LogP contribution is -2.29. The van der Waals surface area contributed by atoms with Gasteiger partial charge in [0.1, 0.15) is 0 Å². The summed E-state index contributed by atoms with van der Waals surface area (Å²) in [6.07, 6.45) is 5.08. The van der Waals surface area contributed by atoms with E-state index in [-0.39, 0.29) is 10.8 Å². The number of pyridine rings is 1. The first-order chi connectivity index (χ1) is 15.3. The second-order valence-electron chi connectivity index (χ2n) is 6.73. The molecule has 2 aromatic rings. The number of amides is 1. The summed E-state index contributed by atoms with van der Waals surface area (Å²) in [5.74, 6) is 0.128. The van der Waals surface area contributed by atoms with Gasteiger partial charge in [-0.1, -0.05) is 42.6 Å². The summed E-state index contributed by atoms with van der Waals surface area (Å²) in [5, 5.41) is 3.01. The van der Waals surface area contributed by atoms with E-state index in [9.17, 15) is 9.59 Å². The van der Waals surface area contributed by atoms with Gasteiger partial charge in [0.25, 0.3) is 5.91 Å². The van der Waals surface area contributed by atoms with E-state index in [1.54, 1.807) is 24.3 Å². The number of aromatic nitrogens is 1. The molecule has 1 aromatic heterocycles. The molecular weight excluding hydrogens is 455 g/mol. The Labute approximate surface area is 197 Å². The Hall–Kier alpha value is -2.77. The Morgan fingerprint density at radius 1 is 1.16 bits per heavy atom. The van der Waals surface area contributed by atoms with Crippen molar-refractivity contribution in [2.45, 2.75) is 39.7 Å². The van der Waals surface area contributed by atoms with Gasteiger partial charge < -0.3 is 19.5 Å². The van der Waals surface area contributed by atoms with Crippen molar-refractivity contribution in [2.75, 3.05) is 18.5 Å². The van der Waals surface area contributed by atoms with Gasteiger partial charge in [0, 0.05) is 12.3 Å². The van der Waals surface area contributed by atoms with Crippen molar-refractivity contribution in [3.63, 3.8) is 0 Å². The Bertz CT molecular complexity index is 965. The molecule has 0 aliphatic rings. The van der Waals surface area contributed by atoms with Crippen LogP contribution in [-0.4, -0.2) is 36.2 Å². The fourth-order valence-corrected chi connectivity index (χ4v) is 2.93. The Morgan fingerprint density at radius 2 is 1.94 bits per heavy atom. The smallest absolute Gasteiger partial charge is 0.331 e.